The predicted molar refractivity (Wildman–Crippen MR) is 288 cm³/mol. The first-order valence-electron chi connectivity index (χ1n) is 28.4. The van der Waals surface area contributed by atoms with Crippen molar-refractivity contribution in [2.45, 2.75) is 284 Å². The molecule has 0 bridgehead atoms. The van der Waals surface area contributed by atoms with E-state index in [-0.39, 0.29) is 37.5 Å². The summed E-state index contributed by atoms with van der Waals surface area (Å²) in [7, 11) is 0. The SMILES string of the molecule is CC/C=C\C/C=C\C/C=C\C/C=C\C/C=C\CCCC(=O)OC(COC(=O)CCCCCCCCC/C=C\CCCCCCCCCC)COC(=O)CCCCCCCCCCCCCCC. The molecule has 0 fully saturated rings. The van der Waals surface area contributed by atoms with E-state index in [9.17, 15) is 14.4 Å². The molecule has 0 rings (SSSR count). The van der Waals surface area contributed by atoms with Gasteiger partial charge in [0.25, 0.3) is 0 Å². The van der Waals surface area contributed by atoms with Crippen LogP contribution in [0.25, 0.3) is 0 Å². The van der Waals surface area contributed by atoms with E-state index in [4.69, 9.17) is 14.2 Å². The third-order valence-corrected chi connectivity index (χ3v) is 12.2. The van der Waals surface area contributed by atoms with Crippen molar-refractivity contribution in [1.29, 1.82) is 0 Å². The molecule has 1 atom stereocenters. The molecule has 0 saturated heterocycles. The topological polar surface area (TPSA) is 78.9 Å². The Morgan fingerprint density at radius 2 is 0.597 bits per heavy atom. The molecule has 1 unspecified atom stereocenters. The molecule has 6 nitrogen and oxygen atoms in total. The molecular formula is C61H106O6. The number of allylic oxidation sites excluding steroid dienone is 12. The van der Waals surface area contributed by atoms with Gasteiger partial charge in [0, 0.05) is 19.3 Å². The van der Waals surface area contributed by atoms with E-state index in [1.54, 1.807) is 0 Å². The average molecular weight is 936 g/mol. The Morgan fingerprint density at radius 3 is 0.970 bits per heavy atom. The first-order valence-corrected chi connectivity index (χ1v) is 28.4. The lowest BCUT2D eigenvalue weighted by Crippen LogP contribution is -2.30. The Labute approximate surface area is 414 Å². The van der Waals surface area contributed by atoms with Crippen LogP contribution in [0.3, 0.4) is 0 Å². The van der Waals surface area contributed by atoms with Crippen molar-refractivity contribution in [1.82, 2.24) is 0 Å². The van der Waals surface area contributed by atoms with Gasteiger partial charge >= 0.3 is 17.9 Å². The van der Waals surface area contributed by atoms with Gasteiger partial charge in [-0.25, -0.2) is 0 Å². The fraction of sp³-hybridized carbons (Fsp3) is 0.754. The van der Waals surface area contributed by atoms with Crippen molar-refractivity contribution < 1.29 is 28.6 Å². The standard InChI is InChI=1S/C61H106O6/c1-4-7-10-13-16-19-22-25-27-29-30-32-33-36-39-42-45-48-51-54-60(63)66-57-58(56-65-59(62)53-50-47-44-41-38-35-24-21-18-15-12-9-6-3)67-61(64)55-52-49-46-43-40-37-34-31-28-26-23-20-17-14-11-8-5-2/h8,11,17,20,26,28-30,34,37,43,46,58H,4-7,9-10,12-16,18-19,21-25,27,31-33,35-36,38-42,44-45,47-57H2,1-3H3/b11-8-,20-17-,28-26-,30-29-,37-34-,46-43-. The number of carbonyl (C=O) groups is 3. The summed E-state index contributed by atoms with van der Waals surface area (Å²) in [6.07, 6.45) is 70.4. The Hall–Kier alpha value is -3.15. The summed E-state index contributed by atoms with van der Waals surface area (Å²) in [5.41, 5.74) is 0. The monoisotopic (exact) mass is 935 g/mol. The molecule has 0 N–H and O–H groups in total. The maximum Gasteiger partial charge on any atom is 0.306 e. The molecule has 0 radical (unpaired) electrons. The number of ether oxygens (including phenoxy) is 3. The quantitative estimate of drug-likeness (QED) is 0.0262. The van der Waals surface area contributed by atoms with Gasteiger partial charge in [0.05, 0.1) is 0 Å². The van der Waals surface area contributed by atoms with Crippen molar-refractivity contribution in [2.24, 2.45) is 0 Å². The minimum atomic E-state index is -0.805. The largest absolute Gasteiger partial charge is 0.462 e. The van der Waals surface area contributed by atoms with Gasteiger partial charge in [-0.15, -0.1) is 0 Å². The van der Waals surface area contributed by atoms with Crippen LogP contribution in [0.1, 0.15) is 278 Å². The number of hydrogen-bond donors (Lipinski definition) is 0. The van der Waals surface area contributed by atoms with Crippen LogP contribution in [0.15, 0.2) is 72.9 Å². The predicted octanol–water partition coefficient (Wildman–Crippen LogP) is 19.0. The van der Waals surface area contributed by atoms with Crippen LogP contribution in [0.5, 0.6) is 0 Å². The number of carbonyl (C=O) groups excluding carboxylic acids is 3. The zero-order valence-electron chi connectivity index (χ0n) is 44.2. The van der Waals surface area contributed by atoms with Crippen LogP contribution in [0.2, 0.25) is 0 Å². The third kappa shape index (κ3) is 53.7. The van der Waals surface area contributed by atoms with Crippen molar-refractivity contribution in [3.8, 4) is 0 Å². The highest BCUT2D eigenvalue weighted by Crippen LogP contribution is 2.15. The zero-order valence-corrected chi connectivity index (χ0v) is 44.2. The molecule has 0 aliphatic rings. The van der Waals surface area contributed by atoms with E-state index in [0.29, 0.717) is 19.3 Å². The van der Waals surface area contributed by atoms with Crippen molar-refractivity contribution in [3.05, 3.63) is 72.9 Å². The maximum absolute atomic E-state index is 12.8. The molecule has 0 amide bonds. The first kappa shape index (κ1) is 63.8. The van der Waals surface area contributed by atoms with Crippen molar-refractivity contribution in [2.75, 3.05) is 13.2 Å². The molecule has 6 heteroatoms. The van der Waals surface area contributed by atoms with Crippen LogP contribution in [0.4, 0.5) is 0 Å². The molecule has 0 spiro atoms. The molecule has 0 aromatic rings. The Balaban J connectivity index is 4.44. The smallest absolute Gasteiger partial charge is 0.306 e. The molecule has 67 heavy (non-hydrogen) atoms. The van der Waals surface area contributed by atoms with E-state index in [1.165, 1.54) is 154 Å². The second-order valence-electron chi connectivity index (χ2n) is 18.8. The molecule has 0 aliphatic heterocycles. The van der Waals surface area contributed by atoms with Gasteiger partial charge in [0.1, 0.15) is 13.2 Å². The third-order valence-electron chi connectivity index (χ3n) is 12.2. The lowest BCUT2D eigenvalue weighted by atomic mass is 10.0. The maximum atomic E-state index is 12.8. The number of esters is 3. The Bertz CT molecular complexity index is 1260. The van der Waals surface area contributed by atoms with E-state index >= 15 is 0 Å². The van der Waals surface area contributed by atoms with Crippen LogP contribution < -0.4 is 0 Å². The van der Waals surface area contributed by atoms with Crippen LogP contribution in [-0.4, -0.2) is 37.2 Å². The van der Waals surface area contributed by atoms with Crippen LogP contribution >= 0.6 is 0 Å². The summed E-state index contributed by atoms with van der Waals surface area (Å²) >= 11 is 0. The highest BCUT2D eigenvalue weighted by Gasteiger charge is 2.19. The van der Waals surface area contributed by atoms with Crippen LogP contribution in [0, 0.1) is 0 Å². The number of hydrogen-bond acceptors (Lipinski definition) is 6. The molecule has 0 aromatic heterocycles. The normalized spacial score (nSPS) is 12.6. The van der Waals surface area contributed by atoms with Crippen LogP contribution in [-0.2, 0) is 28.6 Å². The first-order chi connectivity index (χ1) is 33.0. The van der Waals surface area contributed by atoms with E-state index in [0.717, 1.165) is 77.0 Å². The van der Waals surface area contributed by atoms with E-state index < -0.39 is 6.10 Å². The molecule has 0 heterocycles. The van der Waals surface area contributed by atoms with Gasteiger partial charge in [-0.1, -0.05) is 248 Å². The Kier molecular flexibility index (Phi) is 52.8. The number of unbranched alkanes of at least 4 members (excludes halogenated alkanes) is 28. The minimum absolute atomic E-state index is 0.0971. The van der Waals surface area contributed by atoms with Crippen molar-refractivity contribution in [3.63, 3.8) is 0 Å². The summed E-state index contributed by atoms with van der Waals surface area (Å²) in [5.74, 6) is -0.952. The summed E-state index contributed by atoms with van der Waals surface area (Å²) in [6, 6.07) is 0. The van der Waals surface area contributed by atoms with Gasteiger partial charge in [-0.2, -0.15) is 0 Å². The lowest BCUT2D eigenvalue weighted by Gasteiger charge is -2.18. The van der Waals surface area contributed by atoms with Gasteiger partial charge in [-0.3, -0.25) is 14.4 Å². The summed E-state index contributed by atoms with van der Waals surface area (Å²) in [4.78, 5) is 38.1. The number of rotatable bonds is 51. The van der Waals surface area contributed by atoms with Gasteiger partial charge in [-0.05, 0) is 83.5 Å². The fourth-order valence-corrected chi connectivity index (χ4v) is 7.94. The summed E-state index contributed by atoms with van der Waals surface area (Å²) < 4.78 is 16.8. The molecule has 0 aromatic carbocycles. The van der Waals surface area contributed by atoms with Crippen molar-refractivity contribution >= 4 is 17.9 Å². The molecular weight excluding hydrogens is 829 g/mol. The fourth-order valence-electron chi connectivity index (χ4n) is 7.94. The molecule has 0 saturated carbocycles. The minimum Gasteiger partial charge on any atom is -0.462 e. The second-order valence-corrected chi connectivity index (χ2v) is 18.8. The van der Waals surface area contributed by atoms with E-state index in [1.807, 2.05) is 0 Å². The molecule has 0 aliphatic carbocycles. The average Bonchev–Trinajstić information content (AvgIpc) is 3.33. The highest BCUT2D eigenvalue weighted by molar-refractivity contribution is 5.71. The summed E-state index contributed by atoms with van der Waals surface area (Å²) in [6.45, 7) is 6.49. The lowest BCUT2D eigenvalue weighted by molar-refractivity contribution is -0.167. The zero-order chi connectivity index (χ0) is 48.6. The van der Waals surface area contributed by atoms with E-state index in [2.05, 4.69) is 93.7 Å². The molecule has 386 valence electrons. The Morgan fingerprint density at radius 1 is 0.313 bits per heavy atom. The van der Waals surface area contributed by atoms with Gasteiger partial charge in [0.2, 0.25) is 0 Å². The highest BCUT2D eigenvalue weighted by atomic mass is 16.6. The van der Waals surface area contributed by atoms with Gasteiger partial charge < -0.3 is 14.2 Å². The summed E-state index contributed by atoms with van der Waals surface area (Å²) in [5, 5.41) is 0. The van der Waals surface area contributed by atoms with Gasteiger partial charge in [0.15, 0.2) is 6.10 Å². The second kappa shape index (κ2) is 55.4.